The SMILES string of the molecule is O=[N+]([O-])c1ccc([O-])c(CSC2=NCCCN2)c1. The summed E-state index contributed by atoms with van der Waals surface area (Å²) in [5.74, 6) is 0.219. The molecule has 0 fully saturated rings. The van der Waals surface area contributed by atoms with Crippen LogP contribution in [0.1, 0.15) is 12.0 Å². The Kier molecular flexibility index (Phi) is 4.03. The Morgan fingerprint density at radius 3 is 3.00 bits per heavy atom. The minimum atomic E-state index is -0.496. The van der Waals surface area contributed by atoms with Crippen molar-refractivity contribution in [3.8, 4) is 5.75 Å². The Hall–Kier alpha value is -1.76. The summed E-state index contributed by atoms with van der Waals surface area (Å²) in [7, 11) is 0. The summed E-state index contributed by atoms with van der Waals surface area (Å²) in [6.45, 7) is 1.67. The van der Waals surface area contributed by atoms with Crippen molar-refractivity contribution in [2.45, 2.75) is 12.2 Å². The summed E-state index contributed by atoms with van der Waals surface area (Å²) in [6.07, 6.45) is 1.01. The number of thioether (sulfide) groups is 1. The number of rotatable bonds is 3. The van der Waals surface area contributed by atoms with Gasteiger partial charge < -0.3 is 10.4 Å². The van der Waals surface area contributed by atoms with Gasteiger partial charge in [0.15, 0.2) is 5.17 Å². The molecule has 0 aliphatic carbocycles. The molecular formula is C11H12N3O3S-. The topological polar surface area (TPSA) is 90.6 Å². The van der Waals surface area contributed by atoms with Crippen LogP contribution in [0.15, 0.2) is 23.2 Å². The molecule has 0 saturated heterocycles. The van der Waals surface area contributed by atoms with E-state index < -0.39 is 4.92 Å². The quantitative estimate of drug-likeness (QED) is 0.656. The predicted molar refractivity (Wildman–Crippen MR) is 68.8 cm³/mol. The molecule has 0 unspecified atom stereocenters. The van der Waals surface area contributed by atoms with Gasteiger partial charge in [0.25, 0.3) is 5.69 Å². The number of nitro benzene ring substituents is 1. The van der Waals surface area contributed by atoms with Crippen molar-refractivity contribution in [2.75, 3.05) is 13.1 Å². The second-order valence-electron chi connectivity index (χ2n) is 3.81. The molecule has 0 radical (unpaired) electrons. The third-order valence-electron chi connectivity index (χ3n) is 2.49. The lowest BCUT2D eigenvalue weighted by Crippen LogP contribution is -2.26. The highest BCUT2D eigenvalue weighted by Gasteiger charge is 2.09. The normalized spacial score (nSPS) is 14.8. The molecule has 6 nitrogen and oxygen atoms in total. The van der Waals surface area contributed by atoms with Crippen molar-refractivity contribution < 1.29 is 10.0 Å². The fourth-order valence-corrected chi connectivity index (χ4v) is 2.45. The average molecular weight is 266 g/mol. The van der Waals surface area contributed by atoms with Crippen LogP contribution in [0, 0.1) is 10.1 Å². The van der Waals surface area contributed by atoms with E-state index in [1.807, 2.05) is 0 Å². The number of aliphatic imine (C=N–C) groups is 1. The molecule has 0 saturated carbocycles. The molecule has 2 rings (SSSR count). The van der Waals surface area contributed by atoms with Gasteiger partial charge in [0.2, 0.25) is 0 Å². The van der Waals surface area contributed by atoms with Gasteiger partial charge in [-0.1, -0.05) is 17.8 Å². The van der Waals surface area contributed by atoms with Crippen LogP contribution >= 0.6 is 11.8 Å². The fraction of sp³-hybridized carbons (Fsp3) is 0.364. The van der Waals surface area contributed by atoms with E-state index in [9.17, 15) is 15.2 Å². The van der Waals surface area contributed by atoms with Crippen LogP contribution in [-0.4, -0.2) is 23.2 Å². The Morgan fingerprint density at radius 2 is 2.33 bits per heavy atom. The Labute approximate surface area is 108 Å². The second-order valence-corrected chi connectivity index (χ2v) is 4.77. The van der Waals surface area contributed by atoms with Crippen LogP contribution in [0.4, 0.5) is 5.69 Å². The maximum Gasteiger partial charge on any atom is 0.269 e. The summed E-state index contributed by atoms with van der Waals surface area (Å²) in [5, 5.41) is 26.1. The van der Waals surface area contributed by atoms with Gasteiger partial charge >= 0.3 is 0 Å². The van der Waals surface area contributed by atoms with Gasteiger partial charge in [-0.05, 0) is 12.0 Å². The van der Waals surface area contributed by atoms with Gasteiger partial charge in [0.1, 0.15) is 0 Å². The first-order valence-corrected chi connectivity index (χ1v) is 6.51. The van der Waals surface area contributed by atoms with E-state index in [1.165, 1.54) is 30.0 Å². The largest absolute Gasteiger partial charge is 0.872 e. The Balaban J connectivity index is 2.06. The Morgan fingerprint density at radius 1 is 1.50 bits per heavy atom. The van der Waals surface area contributed by atoms with Crippen LogP contribution in [0.5, 0.6) is 5.75 Å². The number of nitrogens with zero attached hydrogens (tertiary/aromatic N) is 2. The van der Waals surface area contributed by atoms with Crippen molar-refractivity contribution >= 4 is 22.6 Å². The van der Waals surface area contributed by atoms with E-state index in [0.717, 1.165) is 24.7 Å². The predicted octanol–water partition coefficient (Wildman–Crippen LogP) is 1.25. The number of amidine groups is 1. The lowest BCUT2D eigenvalue weighted by Gasteiger charge is -2.16. The monoisotopic (exact) mass is 266 g/mol. The van der Waals surface area contributed by atoms with E-state index in [2.05, 4.69) is 10.3 Å². The first kappa shape index (κ1) is 12.7. The summed E-state index contributed by atoms with van der Waals surface area (Å²) in [5.41, 5.74) is 0.382. The van der Waals surface area contributed by atoms with Crippen molar-refractivity contribution in [3.05, 3.63) is 33.9 Å². The lowest BCUT2D eigenvalue weighted by molar-refractivity contribution is -0.385. The molecule has 0 amide bonds. The van der Waals surface area contributed by atoms with Crippen molar-refractivity contribution in [1.29, 1.82) is 0 Å². The number of nitrogens with one attached hydrogen (secondary N) is 1. The molecule has 0 aromatic heterocycles. The zero-order chi connectivity index (χ0) is 13.0. The molecular weight excluding hydrogens is 254 g/mol. The molecule has 1 aromatic carbocycles. The Bertz CT molecular complexity index is 490. The summed E-state index contributed by atoms with van der Waals surface area (Å²) >= 11 is 1.40. The minimum Gasteiger partial charge on any atom is -0.872 e. The molecule has 1 N–H and O–H groups in total. The zero-order valence-electron chi connectivity index (χ0n) is 9.59. The van der Waals surface area contributed by atoms with Crippen LogP contribution < -0.4 is 10.4 Å². The van der Waals surface area contributed by atoms with Crippen LogP contribution in [-0.2, 0) is 5.75 Å². The molecule has 96 valence electrons. The zero-order valence-corrected chi connectivity index (χ0v) is 10.4. The fourth-order valence-electron chi connectivity index (χ4n) is 1.55. The third kappa shape index (κ3) is 3.13. The maximum atomic E-state index is 11.6. The molecule has 7 heteroatoms. The van der Waals surface area contributed by atoms with Crippen LogP contribution in [0.2, 0.25) is 0 Å². The van der Waals surface area contributed by atoms with Crippen molar-refractivity contribution in [2.24, 2.45) is 4.99 Å². The van der Waals surface area contributed by atoms with E-state index in [1.54, 1.807) is 0 Å². The highest BCUT2D eigenvalue weighted by atomic mass is 32.2. The molecule has 1 aliphatic rings. The van der Waals surface area contributed by atoms with Crippen LogP contribution in [0.25, 0.3) is 0 Å². The van der Waals surface area contributed by atoms with Gasteiger partial charge in [-0.3, -0.25) is 15.1 Å². The van der Waals surface area contributed by atoms with Gasteiger partial charge in [-0.25, -0.2) is 0 Å². The number of hydrogen-bond acceptors (Lipinski definition) is 6. The van der Waals surface area contributed by atoms with E-state index in [4.69, 9.17) is 0 Å². The standard InChI is InChI=1S/C11H13N3O3S/c15-10-3-2-9(14(16)17)6-8(10)7-18-11-12-4-1-5-13-11/h2-3,6,15H,1,4-5,7H2,(H,12,13)/p-1. The average Bonchev–Trinajstić information content (AvgIpc) is 2.38. The van der Waals surface area contributed by atoms with Gasteiger partial charge in [-0.2, -0.15) is 0 Å². The minimum absolute atomic E-state index is 0.0521. The number of non-ortho nitro benzene ring substituents is 1. The molecule has 18 heavy (non-hydrogen) atoms. The molecule has 0 spiro atoms. The molecule has 0 atom stereocenters. The highest BCUT2D eigenvalue weighted by molar-refractivity contribution is 8.13. The van der Waals surface area contributed by atoms with Crippen LogP contribution in [0.3, 0.4) is 0 Å². The van der Waals surface area contributed by atoms with E-state index in [0.29, 0.717) is 11.3 Å². The van der Waals surface area contributed by atoms with E-state index in [-0.39, 0.29) is 11.4 Å². The molecule has 1 aromatic rings. The second kappa shape index (κ2) is 5.72. The summed E-state index contributed by atoms with van der Waals surface area (Å²) < 4.78 is 0. The molecule has 0 bridgehead atoms. The number of hydrogen-bond donors (Lipinski definition) is 1. The van der Waals surface area contributed by atoms with Gasteiger partial charge in [-0.15, -0.1) is 5.75 Å². The maximum absolute atomic E-state index is 11.6. The van der Waals surface area contributed by atoms with Crippen molar-refractivity contribution in [1.82, 2.24) is 5.32 Å². The van der Waals surface area contributed by atoms with Gasteiger partial charge in [0, 0.05) is 31.0 Å². The first-order chi connectivity index (χ1) is 8.66. The third-order valence-corrected chi connectivity index (χ3v) is 3.49. The number of nitro groups is 1. The summed E-state index contributed by atoms with van der Waals surface area (Å²) in [6, 6.07) is 3.80. The highest BCUT2D eigenvalue weighted by Crippen LogP contribution is 2.25. The first-order valence-electron chi connectivity index (χ1n) is 5.52. The van der Waals surface area contributed by atoms with Gasteiger partial charge in [0.05, 0.1) is 4.92 Å². The lowest BCUT2D eigenvalue weighted by atomic mass is 10.2. The van der Waals surface area contributed by atoms with E-state index >= 15 is 0 Å². The smallest absolute Gasteiger partial charge is 0.269 e. The number of benzene rings is 1. The molecule has 1 aliphatic heterocycles. The van der Waals surface area contributed by atoms with Crippen molar-refractivity contribution in [3.63, 3.8) is 0 Å². The molecule has 1 heterocycles. The summed E-state index contributed by atoms with van der Waals surface area (Å²) in [4.78, 5) is 14.4.